The van der Waals surface area contributed by atoms with Crippen LogP contribution in [0.3, 0.4) is 0 Å². The molecule has 0 saturated heterocycles. The molecule has 5 nitrogen and oxygen atoms in total. The van der Waals surface area contributed by atoms with Crippen molar-refractivity contribution in [2.45, 2.75) is 10.9 Å². The molecule has 0 amide bonds. The summed E-state index contributed by atoms with van der Waals surface area (Å²) in [6.45, 7) is 0.145. The second-order valence-corrected chi connectivity index (χ2v) is 9.69. The lowest BCUT2D eigenvalue weighted by Crippen LogP contribution is -2.33. The van der Waals surface area contributed by atoms with E-state index in [-0.39, 0.29) is 11.4 Å². The minimum atomic E-state index is -3.75. The van der Waals surface area contributed by atoms with Gasteiger partial charge < -0.3 is 5.73 Å². The molecule has 1 atom stereocenters. The fourth-order valence-corrected chi connectivity index (χ4v) is 5.29. The van der Waals surface area contributed by atoms with Crippen LogP contribution in [0, 0.1) is 0 Å². The van der Waals surface area contributed by atoms with Crippen LogP contribution in [0.25, 0.3) is 32.7 Å². The van der Waals surface area contributed by atoms with Gasteiger partial charge in [-0.15, -0.1) is 0 Å². The monoisotopic (exact) mass is 453 g/mol. The van der Waals surface area contributed by atoms with Crippen LogP contribution in [-0.4, -0.2) is 19.9 Å². The molecule has 33 heavy (non-hydrogen) atoms. The summed E-state index contributed by atoms with van der Waals surface area (Å²) in [5.74, 6) is 0. The number of nitrogens with one attached hydrogen (secondary N) is 1. The van der Waals surface area contributed by atoms with Crippen LogP contribution in [0.15, 0.2) is 108 Å². The largest absolute Gasteiger partial charge is 0.329 e. The van der Waals surface area contributed by atoms with Gasteiger partial charge in [0.2, 0.25) is 10.0 Å². The second kappa shape index (κ2) is 8.75. The summed E-state index contributed by atoms with van der Waals surface area (Å²) in [6, 6.07) is 28.7. The van der Waals surface area contributed by atoms with E-state index in [4.69, 9.17) is 5.73 Å². The molecular weight excluding hydrogens is 430 g/mol. The molecule has 6 heteroatoms. The van der Waals surface area contributed by atoms with E-state index in [0.717, 1.165) is 27.5 Å². The Morgan fingerprint density at radius 3 is 2.24 bits per heavy atom. The SMILES string of the molecule is NCC(NS(=O)(=O)c1ccc2cnccc2c1)c1ccc(-c2ccc3ccccc3c2)cc1. The third kappa shape index (κ3) is 4.36. The van der Waals surface area contributed by atoms with Crippen molar-refractivity contribution in [3.8, 4) is 11.1 Å². The number of rotatable bonds is 6. The third-order valence-corrected chi connectivity index (χ3v) is 7.32. The quantitative estimate of drug-likeness (QED) is 0.377. The maximum absolute atomic E-state index is 13.0. The lowest BCUT2D eigenvalue weighted by atomic mass is 9.99. The Labute approximate surface area is 193 Å². The van der Waals surface area contributed by atoms with Crippen molar-refractivity contribution in [2.24, 2.45) is 5.73 Å². The van der Waals surface area contributed by atoms with Crippen LogP contribution in [0.1, 0.15) is 11.6 Å². The molecule has 0 saturated carbocycles. The predicted octanol–water partition coefficient (Wildman–Crippen LogP) is 5.03. The molecule has 0 spiro atoms. The lowest BCUT2D eigenvalue weighted by molar-refractivity contribution is 0.558. The first-order chi connectivity index (χ1) is 16.0. The Bertz CT molecular complexity index is 1550. The van der Waals surface area contributed by atoms with E-state index in [1.807, 2.05) is 36.4 Å². The van der Waals surface area contributed by atoms with Crippen molar-refractivity contribution in [2.75, 3.05) is 6.54 Å². The van der Waals surface area contributed by atoms with E-state index in [1.54, 1.807) is 36.7 Å². The summed E-state index contributed by atoms with van der Waals surface area (Å²) in [4.78, 5) is 4.27. The first-order valence-electron chi connectivity index (χ1n) is 10.7. The molecule has 0 bridgehead atoms. The van der Waals surface area contributed by atoms with E-state index < -0.39 is 16.1 Å². The molecule has 0 aliphatic rings. The van der Waals surface area contributed by atoms with Crippen molar-refractivity contribution in [3.63, 3.8) is 0 Å². The Morgan fingerprint density at radius 1 is 0.758 bits per heavy atom. The van der Waals surface area contributed by atoms with Crippen LogP contribution >= 0.6 is 0 Å². The van der Waals surface area contributed by atoms with Gasteiger partial charge in [-0.05, 0) is 57.1 Å². The number of hydrogen-bond acceptors (Lipinski definition) is 4. The van der Waals surface area contributed by atoms with Crippen molar-refractivity contribution in [1.29, 1.82) is 0 Å². The van der Waals surface area contributed by atoms with Gasteiger partial charge >= 0.3 is 0 Å². The molecule has 1 unspecified atom stereocenters. The summed E-state index contributed by atoms with van der Waals surface area (Å²) in [7, 11) is -3.75. The molecule has 0 fully saturated rings. The number of aromatic nitrogens is 1. The van der Waals surface area contributed by atoms with E-state index in [9.17, 15) is 8.42 Å². The zero-order valence-electron chi connectivity index (χ0n) is 17.8. The highest BCUT2D eigenvalue weighted by Gasteiger charge is 2.21. The van der Waals surface area contributed by atoms with Gasteiger partial charge in [0.1, 0.15) is 0 Å². The van der Waals surface area contributed by atoms with Crippen LogP contribution < -0.4 is 10.5 Å². The summed E-state index contributed by atoms with van der Waals surface area (Å²) in [5.41, 5.74) is 8.94. The lowest BCUT2D eigenvalue weighted by Gasteiger charge is -2.18. The number of sulfonamides is 1. The molecule has 3 N–H and O–H groups in total. The first kappa shape index (κ1) is 21.3. The van der Waals surface area contributed by atoms with Crippen LogP contribution in [0.4, 0.5) is 0 Å². The first-order valence-corrected chi connectivity index (χ1v) is 12.2. The van der Waals surface area contributed by atoms with E-state index in [1.165, 1.54) is 10.8 Å². The minimum absolute atomic E-state index is 0.145. The molecule has 1 heterocycles. The third-order valence-electron chi connectivity index (χ3n) is 5.85. The van der Waals surface area contributed by atoms with Gasteiger partial charge in [-0.3, -0.25) is 4.98 Å². The van der Waals surface area contributed by atoms with Crippen molar-refractivity contribution in [3.05, 3.63) is 109 Å². The molecular formula is C27H23N3O2S. The summed E-state index contributed by atoms with van der Waals surface area (Å²) in [5, 5.41) is 4.08. The number of hydrogen-bond donors (Lipinski definition) is 2. The molecule has 1 aromatic heterocycles. The van der Waals surface area contributed by atoms with Gasteiger partial charge in [0.15, 0.2) is 0 Å². The molecule has 5 rings (SSSR count). The molecule has 5 aromatic rings. The Hall–Kier alpha value is -3.58. The fourth-order valence-electron chi connectivity index (χ4n) is 4.01. The molecule has 4 aromatic carbocycles. The number of fused-ring (bicyclic) bond motifs is 2. The highest BCUT2D eigenvalue weighted by Crippen LogP contribution is 2.27. The zero-order chi connectivity index (χ0) is 22.8. The van der Waals surface area contributed by atoms with E-state index >= 15 is 0 Å². The van der Waals surface area contributed by atoms with Gasteiger partial charge in [0.25, 0.3) is 0 Å². The Morgan fingerprint density at radius 2 is 1.45 bits per heavy atom. The fraction of sp³-hybridized carbons (Fsp3) is 0.0741. The highest BCUT2D eigenvalue weighted by molar-refractivity contribution is 7.89. The highest BCUT2D eigenvalue weighted by atomic mass is 32.2. The molecule has 164 valence electrons. The maximum atomic E-state index is 13.0. The van der Waals surface area contributed by atoms with Crippen molar-refractivity contribution in [1.82, 2.24) is 9.71 Å². The Balaban J connectivity index is 1.40. The van der Waals surface area contributed by atoms with Crippen LogP contribution in [0.5, 0.6) is 0 Å². The van der Waals surface area contributed by atoms with Crippen molar-refractivity contribution < 1.29 is 8.42 Å². The number of nitrogens with two attached hydrogens (primary N) is 1. The van der Waals surface area contributed by atoms with Gasteiger partial charge in [0.05, 0.1) is 10.9 Å². The number of nitrogens with zero attached hydrogens (tertiary/aromatic N) is 1. The van der Waals surface area contributed by atoms with Crippen LogP contribution in [0.2, 0.25) is 0 Å². The Kier molecular flexibility index (Phi) is 5.64. The summed E-state index contributed by atoms with van der Waals surface area (Å²) >= 11 is 0. The number of pyridine rings is 1. The summed E-state index contributed by atoms with van der Waals surface area (Å²) < 4.78 is 28.9. The second-order valence-electron chi connectivity index (χ2n) is 7.98. The smallest absolute Gasteiger partial charge is 0.241 e. The van der Waals surface area contributed by atoms with Gasteiger partial charge in [-0.2, -0.15) is 0 Å². The van der Waals surface area contributed by atoms with E-state index in [2.05, 4.69) is 40.0 Å². The van der Waals surface area contributed by atoms with Gasteiger partial charge in [-0.1, -0.05) is 66.7 Å². The van der Waals surface area contributed by atoms with Gasteiger partial charge in [-0.25, -0.2) is 13.1 Å². The normalized spacial score (nSPS) is 12.8. The predicted molar refractivity (Wildman–Crippen MR) is 133 cm³/mol. The minimum Gasteiger partial charge on any atom is -0.329 e. The summed E-state index contributed by atoms with van der Waals surface area (Å²) in [6.07, 6.45) is 3.35. The standard InChI is InChI=1S/C27H23N3O2S/c28-17-27(30-33(31,32)26-12-11-25-18-29-14-13-24(25)16-26)21-8-5-20(6-9-21)23-10-7-19-3-1-2-4-22(19)15-23/h1-16,18,27,30H,17,28H2. The van der Waals surface area contributed by atoms with E-state index in [0.29, 0.717) is 0 Å². The molecule has 0 aliphatic carbocycles. The molecule has 0 radical (unpaired) electrons. The topological polar surface area (TPSA) is 85.1 Å². The number of benzene rings is 4. The maximum Gasteiger partial charge on any atom is 0.241 e. The average molecular weight is 454 g/mol. The average Bonchev–Trinajstić information content (AvgIpc) is 2.87. The molecule has 0 aliphatic heterocycles. The van der Waals surface area contributed by atoms with Gasteiger partial charge in [0, 0.05) is 24.3 Å². The van der Waals surface area contributed by atoms with Crippen molar-refractivity contribution >= 4 is 31.6 Å². The van der Waals surface area contributed by atoms with Crippen LogP contribution in [-0.2, 0) is 10.0 Å². The zero-order valence-corrected chi connectivity index (χ0v) is 18.7.